The number of rotatable bonds is 6. The van der Waals surface area contributed by atoms with E-state index in [1.54, 1.807) is 18.3 Å². The fraction of sp³-hybridized carbons (Fsp3) is 0.250. The van der Waals surface area contributed by atoms with Crippen LogP contribution >= 0.6 is 47.8 Å². The Morgan fingerprint density at radius 1 is 1.03 bits per heavy atom. The predicted molar refractivity (Wildman–Crippen MR) is 155 cm³/mol. The lowest BCUT2D eigenvalue weighted by molar-refractivity contribution is 0.301. The van der Waals surface area contributed by atoms with Gasteiger partial charge >= 0.3 is 0 Å². The highest BCUT2D eigenvalue weighted by atomic mass is 79.9. The molecule has 0 unspecified atom stereocenters. The number of ether oxygens (including phenoxy) is 1. The lowest BCUT2D eigenvalue weighted by Crippen LogP contribution is -2.25. The van der Waals surface area contributed by atoms with Gasteiger partial charge in [0.1, 0.15) is 24.0 Å². The minimum Gasteiger partial charge on any atom is -0.487 e. The van der Waals surface area contributed by atoms with Gasteiger partial charge in [0, 0.05) is 10.4 Å². The van der Waals surface area contributed by atoms with E-state index in [2.05, 4.69) is 52.9 Å². The SMILES string of the molecule is O=c1c2cc(Br)ccc2nc(C2CCCCC2)n1N=Cc1cc(Br)c(OCc2cccc(F)c2)c(Br)c1. The Morgan fingerprint density at radius 3 is 2.51 bits per heavy atom. The molecular formula is C28H23Br3FN3O2. The number of nitrogens with zero attached hydrogens (tertiary/aromatic N) is 3. The Kier molecular flexibility index (Phi) is 8.21. The summed E-state index contributed by atoms with van der Waals surface area (Å²) in [5.41, 5.74) is 2.00. The second-order valence-electron chi connectivity index (χ2n) is 9.06. The summed E-state index contributed by atoms with van der Waals surface area (Å²) in [6.07, 6.45) is 7.11. The molecule has 1 fully saturated rings. The maximum Gasteiger partial charge on any atom is 0.282 e. The standard InChI is InChI=1S/C28H23Br3FN3O2/c29-20-9-10-25-22(14-20)28(36)35(27(34-25)19-6-2-1-3-7-19)33-15-18-12-23(30)26(24(31)13-18)37-16-17-5-4-8-21(32)11-17/h4-5,8-15,19H,1-3,6-7,16H2. The van der Waals surface area contributed by atoms with Crippen molar-refractivity contribution in [2.24, 2.45) is 5.10 Å². The summed E-state index contributed by atoms with van der Waals surface area (Å²) in [5, 5.41) is 5.15. The van der Waals surface area contributed by atoms with Crippen LogP contribution in [0.2, 0.25) is 0 Å². The van der Waals surface area contributed by atoms with Crippen LogP contribution in [0.1, 0.15) is 55.0 Å². The van der Waals surface area contributed by atoms with Crippen LogP contribution in [0.4, 0.5) is 4.39 Å². The smallest absolute Gasteiger partial charge is 0.282 e. The molecule has 4 aromatic rings. The van der Waals surface area contributed by atoms with Crippen molar-refractivity contribution >= 4 is 64.9 Å². The maximum atomic E-state index is 13.5. The van der Waals surface area contributed by atoms with Crippen molar-refractivity contribution in [3.8, 4) is 5.75 Å². The molecule has 9 heteroatoms. The van der Waals surface area contributed by atoms with Crippen molar-refractivity contribution < 1.29 is 9.13 Å². The molecule has 5 nitrogen and oxygen atoms in total. The van der Waals surface area contributed by atoms with Gasteiger partial charge < -0.3 is 4.74 Å². The summed E-state index contributed by atoms with van der Waals surface area (Å²) in [5.74, 6) is 1.20. The molecule has 0 N–H and O–H groups in total. The molecule has 5 rings (SSSR count). The molecule has 190 valence electrons. The zero-order valence-electron chi connectivity index (χ0n) is 19.8. The highest BCUT2D eigenvalue weighted by molar-refractivity contribution is 9.11. The zero-order valence-corrected chi connectivity index (χ0v) is 24.5. The Bertz CT molecular complexity index is 1520. The van der Waals surface area contributed by atoms with E-state index in [-0.39, 0.29) is 23.9 Å². The molecule has 1 heterocycles. The maximum absolute atomic E-state index is 13.5. The van der Waals surface area contributed by atoms with Gasteiger partial charge in [-0.15, -0.1) is 0 Å². The molecule has 3 aromatic carbocycles. The average molecular weight is 692 g/mol. The summed E-state index contributed by atoms with van der Waals surface area (Å²) in [6.45, 7) is 0.223. The highest BCUT2D eigenvalue weighted by Crippen LogP contribution is 2.35. The van der Waals surface area contributed by atoms with Gasteiger partial charge in [-0.1, -0.05) is 47.3 Å². The molecule has 1 aromatic heterocycles. The van der Waals surface area contributed by atoms with Crippen LogP contribution in [0.3, 0.4) is 0 Å². The lowest BCUT2D eigenvalue weighted by atomic mass is 9.88. The van der Waals surface area contributed by atoms with Crippen molar-refractivity contribution in [2.45, 2.75) is 44.6 Å². The average Bonchev–Trinajstić information content (AvgIpc) is 2.88. The first-order valence-electron chi connectivity index (χ1n) is 12.0. The molecule has 37 heavy (non-hydrogen) atoms. The fourth-order valence-electron chi connectivity index (χ4n) is 4.60. The topological polar surface area (TPSA) is 56.5 Å². The summed E-state index contributed by atoms with van der Waals surface area (Å²) in [7, 11) is 0. The summed E-state index contributed by atoms with van der Waals surface area (Å²) < 4.78 is 23.1. The van der Waals surface area contributed by atoms with Crippen molar-refractivity contribution in [2.75, 3.05) is 0 Å². The monoisotopic (exact) mass is 689 g/mol. The van der Waals surface area contributed by atoms with Gasteiger partial charge in [0.05, 0.1) is 26.1 Å². The fourth-order valence-corrected chi connectivity index (χ4v) is 6.41. The first-order valence-corrected chi connectivity index (χ1v) is 14.4. The van der Waals surface area contributed by atoms with Gasteiger partial charge in [-0.05, 0) is 98.3 Å². The van der Waals surface area contributed by atoms with Gasteiger partial charge in [-0.2, -0.15) is 9.78 Å². The molecule has 1 aliphatic carbocycles. The molecular weight excluding hydrogens is 669 g/mol. The predicted octanol–water partition coefficient (Wildman–Crippen LogP) is 8.33. The van der Waals surface area contributed by atoms with E-state index >= 15 is 0 Å². The van der Waals surface area contributed by atoms with Crippen LogP contribution in [0.15, 0.2) is 77.9 Å². The molecule has 0 bridgehead atoms. The summed E-state index contributed by atoms with van der Waals surface area (Å²) in [4.78, 5) is 18.4. The summed E-state index contributed by atoms with van der Waals surface area (Å²) >= 11 is 10.6. The second-order valence-corrected chi connectivity index (χ2v) is 11.7. The van der Waals surface area contributed by atoms with Crippen molar-refractivity contribution in [1.29, 1.82) is 0 Å². The zero-order chi connectivity index (χ0) is 25.9. The Labute approximate surface area is 239 Å². The van der Waals surface area contributed by atoms with Gasteiger partial charge in [-0.25, -0.2) is 9.37 Å². The Balaban J connectivity index is 1.47. The largest absolute Gasteiger partial charge is 0.487 e. The minimum atomic E-state index is -0.302. The highest BCUT2D eigenvalue weighted by Gasteiger charge is 2.22. The quantitative estimate of drug-likeness (QED) is 0.191. The molecule has 0 aliphatic heterocycles. The molecule has 0 radical (unpaired) electrons. The van der Waals surface area contributed by atoms with Crippen LogP contribution in [0.25, 0.3) is 10.9 Å². The van der Waals surface area contributed by atoms with Crippen molar-refractivity contribution in [3.63, 3.8) is 0 Å². The number of hydrogen-bond acceptors (Lipinski definition) is 4. The molecule has 1 saturated carbocycles. The first-order chi connectivity index (χ1) is 17.9. The number of aromatic nitrogens is 2. The first kappa shape index (κ1) is 26.3. The summed E-state index contributed by atoms with van der Waals surface area (Å²) in [6, 6.07) is 15.6. The molecule has 0 atom stereocenters. The van der Waals surface area contributed by atoms with Gasteiger partial charge in [-0.3, -0.25) is 4.79 Å². The van der Waals surface area contributed by atoms with Crippen molar-refractivity contribution in [3.05, 3.63) is 101 Å². The van der Waals surface area contributed by atoms with E-state index in [9.17, 15) is 9.18 Å². The normalized spacial score (nSPS) is 14.5. The van der Waals surface area contributed by atoms with E-state index in [4.69, 9.17) is 9.72 Å². The minimum absolute atomic E-state index is 0.184. The van der Waals surface area contributed by atoms with Crippen LogP contribution in [-0.2, 0) is 6.61 Å². The van der Waals surface area contributed by atoms with E-state index in [0.717, 1.165) is 41.3 Å². The molecule has 0 saturated heterocycles. The number of benzene rings is 3. The molecule has 1 aliphatic rings. The number of halogens is 4. The van der Waals surface area contributed by atoms with Crippen LogP contribution < -0.4 is 10.3 Å². The third kappa shape index (κ3) is 6.04. The lowest BCUT2D eigenvalue weighted by Gasteiger charge is -2.22. The van der Waals surface area contributed by atoms with Gasteiger partial charge in [0.2, 0.25) is 0 Å². The molecule has 0 amide bonds. The third-order valence-corrected chi connectivity index (χ3v) is 8.09. The van der Waals surface area contributed by atoms with E-state index in [1.807, 2.05) is 30.3 Å². The third-order valence-electron chi connectivity index (χ3n) is 6.42. The van der Waals surface area contributed by atoms with E-state index < -0.39 is 0 Å². The van der Waals surface area contributed by atoms with E-state index in [1.165, 1.54) is 23.2 Å². The number of hydrogen-bond donors (Lipinski definition) is 0. The van der Waals surface area contributed by atoms with Gasteiger partial charge in [0.25, 0.3) is 5.56 Å². The second kappa shape index (κ2) is 11.6. The van der Waals surface area contributed by atoms with Gasteiger partial charge in [0.15, 0.2) is 0 Å². The van der Waals surface area contributed by atoms with Crippen molar-refractivity contribution in [1.82, 2.24) is 9.66 Å². The number of fused-ring (bicyclic) bond motifs is 1. The Hall–Kier alpha value is -2.36. The Morgan fingerprint density at radius 2 is 1.78 bits per heavy atom. The molecule has 0 spiro atoms. The van der Waals surface area contributed by atoms with Crippen LogP contribution in [0.5, 0.6) is 5.75 Å². The van der Waals surface area contributed by atoms with Crippen LogP contribution in [-0.4, -0.2) is 15.9 Å². The van der Waals surface area contributed by atoms with E-state index in [0.29, 0.717) is 31.4 Å². The van der Waals surface area contributed by atoms with Crippen LogP contribution in [0, 0.1) is 5.82 Å².